The van der Waals surface area contributed by atoms with Crippen LogP contribution < -0.4 is 4.74 Å². The van der Waals surface area contributed by atoms with Gasteiger partial charge in [0.1, 0.15) is 5.15 Å². The van der Waals surface area contributed by atoms with Crippen LogP contribution in [0.2, 0.25) is 5.15 Å². The molecule has 0 bridgehead atoms. The Labute approximate surface area is 90.6 Å². The second-order valence-electron chi connectivity index (χ2n) is 2.64. The zero-order valence-corrected chi connectivity index (χ0v) is 8.48. The Balaban J connectivity index is 2.82. The van der Waals surface area contributed by atoms with Crippen molar-refractivity contribution in [2.45, 2.75) is 6.42 Å². The first-order valence-corrected chi connectivity index (χ1v) is 4.57. The molecule has 7 heteroatoms. The van der Waals surface area contributed by atoms with Crippen molar-refractivity contribution in [1.29, 1.82) is 0 Å². The predicted molar refractivity (Wildman–Crippen MR) is 53.1 cm³/mol. The van der Waals surface area contributed by atoms with Crippen molar-refractivity contribution < 1.29 is 14.8 Å². The summed E-state index contributed by atoms with van der Waals surface area (Å²) in [5, 5.41) is 19.2. The lowest BCUT2D eigenvalue weighted by molar-refractivity contribution is -0.386. The van der Waals surface area contributed by atoms with Crippen molar-refractivity contribution in [2.75, 3.05) is 13.2 Å². The van der Waals surface area contributed by atoms with Crippen molar-refractivity contribution >= 4 is 17.3 Å². The van der Waals surface area contributed by atoms with Crippen LogP contribution in [-0.4, -0.2) is 28.2 Å². The first-order valence-electron chi connectivity index (χ1n) is 4.19. The topological polar surface area (TPSA) is 85.5 Å². The van der Waals surface area contributed by atoms with Crippen molar-refractivity contribution in [3.05, 3.63) is 27.4 Å². The van der Waals surface area contributed by atoms with Crippen LogP contribution in [0, 0.1) is 10.1 Å². The Kier molecular flexibility index (Phi) is 4.26. The van der Waals surface area contributed by atoms with Crippen molar-refractivity contribution in [1.82, 2.24) is 4.98 Å². The summed E-state index contributed by atoms with van der Waals surface area (Å²) in [7, 11) is 0. The zero-order valence-electron chi connectivity index (χ0n) is 7.72. The summed E-state index contributed by atoms with van der Waals surface area (Å²) in [6.45, 7) is 0.110. The number of aliphatic hydroxyl groups excluding tert-OH is 1. The number of halogens is 1. The lowest BCUT2D eigenvalue weighted by Crippen LogP contribution is -2.04. The molecule has 0 amide bonds. The number of rotatable bonds is 5. The van der Waals surface area contributed by atoms with Crippen LogP contribution in [0.3, 0.4) is 0 Å². The van der Waals surface area contributed by atoms with E-state index >= 15 is 0 Å². The van der Waals surface area contributed by atoms with E-state index < -0.39 is 4.92 Å². The van der Waals surface area contributed by atoms with E-state index in [1.165, 1.54) is 12.1 Å². The number of hydrogen-bond acceptors (Lipinski definition) is 5. The Morgan fingerprint density at radius 3 is 2.93 bits per heavy atom. The summed E-state index contributed by atoms with van der Waals surface area (Å²) in [4.78, 5) is 13.6. The third kappa shape index (κ3) is 3.34. The fourth-order valence-electron chi connectivity index (χ4n) is 0.889. The first-order chi connectivity index (χ1) is 7.15. The van der Waals surface area contributed by atoms with Gasteiger partial charge in [-0.05, 0) is 6.07 Å². The highest BCUT2D eigenvalue weighted by molar-refractivity contribution is 6.29. The molecule has 0 aliphatic carbocycles. The number of aromatic nitrogens is 1. The van der Waals surface area contributed by atoms with Gasteiger partial charge in [0, 0.05) is 19.1 Å². The number of nitrogens with zero attached hydrogens (tertiary/aromatic N) is 2. The minimum atomic E-state index is -0.600. The van der Waals surface area contributed by atoms with Crippen LogP contribution in [-0.2, 0) is 0 Å². The van der Waals surface area contributed by atoms with E-state index in [-0.39, 0.29) is 29.9 Å². The highest BCUT2D eigenvalue weighted by Crippen LogP contribution is 2.26. The third-order valence-corrected chi connectivity index (χ3v) is 1.75. The maximum Gasteiger partial charge on any atom is 0.331 e. The number of pyridine rings is 1. The average Bonchev–Trinajstić information content (AvgIpc) is 2.18. The molecule has 0 fully saturated rings. The molecule has 0 aliphatic heterocycles. The molecule has 0 aliphatic rings. The molecule has 1 heterocycles. The SMILES string of the molecule is O=[N+]([O-])c1ccc(Cl)nc1OCCCO. The summed E-state index contributed by atoms with van der Waals surface area (Å²) >= 11 is 5.57. The molecule has 82 valence electrons. The minimum absolute atomic E-state index is 0.0473. The second kappa shape index (κ2) is 5.47. The molecule has 1 rings (SSSR count). The van der Waals surface area contributed by atoms with Crippen LogP contribution >= 0.6 is 11.6 Å². The zero-order chi connectivity index (χ0) is 11.3. The Bertz CT molecular complexity index is 358. The minimum Gasteiger partial charge on any atom is -0.473 e. The van der Waals surface area contributed by atoms with Gasteiger partial charge in [0.25, 0.3) is 5.88 Å². The predicted octanol–water partition coefficient (Wildman–Crippen LogP) is 1.40. The molecule has 0 saturated carbocycles. The Hall–Kier alpha value is -1.40. The highest BCUT2D eigenvalue weighted by atomic mass is 35.5. The molecule has 0 spiro atoms. The van der Waals surface area contributed by atoms with E-state index in [4.69, 9.17) is 21.4 Å². The monoisotopic (exact) mass is 232 g/mol. The number of aliphatic hydroxyl groups is 1. The molecule has 0 saturated heterocycles. The molecule has 1 N–H and O–H groups in total. The van der Waals surface area contributed by atoms with Gasteiger partial charge in [-0.15, -0.1) is 0 Å². The quantitative estimate of drug-likeness (QED) is 0.359. The fourth-order valence-corrected chi connectivity index (χ4v) is 1.03. The molecule has 15 heavy (non-hydrogen) atoms. The van der Waals surface area contributed by atoms with E-state index in [0.717, 1.165) is 0 Å². The van der Waals surface area contributed by atoms with E-state index in [2.05, 4.69) is 4.98 Å². The second-order valence-corrected chi connectivity index (χ2v) is 3.03. The van der Waals surface area contributed by atoms with Gasteiger partial charge in [-0.1, -0.05) is 11.6 Å². The lowest BCUT2D eigenvalue weighted by Gasteiger charge is -2.04. The van der Waals surface area contributed by atoms with Crippen LogP contribution in [0.15, 0.2) is 12.1 Å². The molecule has 0 aromatic carbocycles. The van der Waals surface area contributed by atoms with Crippen molar-refractivity contribution in [3.63, 3.8) is 0 Å². The first kappa shape index (κ1) is 11.7. The molecule has 6 nitrogen and oxygen atoms in total. The fraction of sp³-hybridized carbons (Fsp3) is 0.375. The summed E-state index contributed by atoms with van der Waals surface area (Å²) in [5.41, 5.74) is -0.239. The van der Waals surface area contributed by atoms with Gasteiger partial charge in [0.15, 0.2) is 0 Å². The number of ether oxygens (including phenoxy) is 1. The number of nitro groups is 1. The molecular formula is C8H9ClN2O4. The summed E-state index contributed by atoms with van der Waals surface area (Å²) in [5.74, 6) is -0.124. The van der Waals surface area contributed by atoms with Gasteiger partial charge in [-0.25, -0.2) is 0 Å². The van der Waals surface area contributed by atoms with E-state index in [1.54, 1.807) is 0 Å². The van der Waals surface area contributed by atoms with E-state index in [0.29, 0.717) is 6.42 Å². The molecule has 0 unspecified atom stereocenters. The van der Waals surface area contributed by atoms with Crippen LogP contribution in [0.4, 0.5) is 5.69 Å². The highest BCUT2D eigenvalue weighted by Gasteiger charge is 2.16. The number of hydrogen-bond donors (Lipinski definition) is 1. The Morgan fingerprint density at radius 2 is 2.33 bits per heavy atom. The van der Waals surface area contributed by atoms with Crippen molar-refractivity contribution in [2.24, 2.45) is 0 Å². The molecule has 1 aromatic rings. The molecule has 0 atom stereocenters. The smallest absolute Gasteiger partial charge is 0.331 e. The average molecular weight is 233 g/mol. The Morgan fingerprint density at radius 1 is 1.60 bits per heavy atom. The molecule has 0 radical (unpaired) electrons. The van der Waals surface area contributed by atoms with Gasteiger partial charge >= 0.3 is 5.69 Å². The largest absolute Gasteiger partial charge is 0.473 e. The standard InChI is InChI=1S/C8H9ClN2O4/c9-7-3-2-6(11(13)14)8(10-7)15-5-1-4-12/h2-3,12H,1,4-5H2. The van der Waals surface area contributed by atoms with Gasteiger partial charge in [0.2, 0.25) is 0 Å². The van der Waals surface area contributed by atoms with Crippen LogP contribution in [0.5, 0.6) is 5.88 Å². The molecule has 1 aromatic heterocycles. The summed E-state index contributed by atoms with van der Waals surface area (Å²) in [6, 6.07) is 2.54. The third-order valence-electron chi connectivity index (χ3n) is 1.54. The summed E-state index contributed by atoms with van der Waals surface area (Å²) < 4.78 is 5.02. The maximum absolute atomic E-state index is 10.6. The van der Waals surface area contributed by atoms with Crippen molar-refractivity contribution in [3.8, 4) is 5.88 Å². The van der Waals surface area contributed by atoms with Crippen LogP contribution in [0.1, 0.15) is 6.42 Å². The maximum atomic E-state index is 10.6. The summed E-state index contributed by atoms with van der Waals surface area (Å²) in [6.07, 6.45) is 0.380. The van der Waals surface area contributed by atoms with Gasteiger partial charge in [-0.2, -0.15) is 4.98 Å². The van der Waals surface area contributed by atoms with E-state index in [9.17, 15) is 10.1 Å². The van der Waals surface area contributed by atoms with E-state index in [1.807, 2.05) is 0 Å². The van der Waals surface area contributed by atoms with Gasteiger partial charge in [-0.3, -0.25) is 10.1 Å². The normalized spacial score (nSPS) is 10.0. The molecular weight excluding hydrogens is 224 g/mol. The van der Waals surface area contributed by atoms with Crippen LogP contribution in [0.25, 0.3) is 0 Å². The van der Waals surface area contributed by atoms with Gasteiger partial charge < -0.3 is 9.84 Å². The van der Waals surface area contributed by atoms with Gasteiger partial charge in [0.05, 0.1) is 11.5 Å². The lowest BCUT2D eigenvalue weighted by atomic mass is 10.4.